The van der Waals surface area contributed by atoms with Gasteiger partial charge in [0.15, 0.2) is 0 Å². The van der Waals surface area contributed by atoms with Crippen LogP contribution in [0.25, 0.3) is 0 Å². The number of rotatable bonds is 5. The molecular formula is C15H23BrN2O. The number of hydrogen-bond acceptors (Lipinski definition) is 3. The summed E-state index contributed by atoms with van der Waals surface area (Å²) in [5, 5.41) is 3.25. The Morgan fingerprint density at radius 3 is 3.05 bits per heavy atom. The van der Waals surface area contributed by atoms with Gasteiger partial charge in [-0.25, -0.2) is 0 Å². The zero-order chi connectivity index (χ0) is 13.7. The molecule has 1 atom stereocenters. The largest absolute Gasteiger partial charge is 0.384 e. The van der Waals surface area contributed by atoms with Gasteiger partial charge in [-0.3, -0.25) is 0 Å². The van der Waals surface area contributed by atoms with Crippen molar-refractivity contribution in [1.82, 2.24) is 5.32 Å². The summed E-state index contributed by atoms with van der Waals surface area (Å²) in [6.45, 7) is 4.02. The van der Waals surface area contributed by atoms with Gasteiger partial charge in [0.1, 0.15) is 0 Å². The van der Waals surface area contributed by atoms with E-state index in [1.165, 1.54) is 24.1 Å². The molecule has 1 unspecified atom stereocenters. The van der Waals surface area contributed by atoms with E-state index in [0.717, 1.165) is 30.7 Å². The number of benzene rings is 1. The smallest absolute Gasteiger partial charge is 0.0507 e. The van der Waals surface area contributed by atoms with E-state index in [1.54, 1.807) is 7.11 Å². The average Bonchev–Trinajstić information content (AvgIpc) is 2.42. The summed E-state index contributed by atoms with van der Waals surface area (Å²) in [5.74, 6) is 0.653. The normalized spacial score (nSPS) is 19.7. The molecule has 1 aliphatic rings. The molecule has 19 heavy (non-hydrogen) atoms. The van der Waals surface area contributed by atoms with Gasteiger partial charge in [-0.15, -0.1) is 0 Å². The molecule has 0 aliphatic carbocycles. The van der Waals surface area contributed by atoms with Gasteiger partial charge in [0.2, 0.25) is 0 Å². The number of piperidine rings is 1. The molecule has 1 aromatic carbocycles. The molecule has 3 nitrogen and oxygen atoms in total. The van der Waals surface area contributed by atoms with Crippen LogP contribution < -0.4 is 10.2 Å². The summed E-state index contributed by atoms with van der Waals surface area (Å²) in [7, 11) is 3.79. The van der Waals surface area contributed by atoms with Crippen LogP contribution in [0.15, 0.2) is 22.7 Å². The third-order valence-electron chi connectivity index (χ3n) is 3.68. The fourth-order valence-electron chi connectivity index (χ4n) is 2.83. The molecule has 0 saturated carbocycles. The Morgan fingerprint density at radius 2 is 2.32 bits per heavy atom. The van der Waals surface area contributed by atoms with Crippen LogP contribution in [0.2, 0.25) is 0 Å². The maximum absolute atomic E-state index is 5.32. The molecule has 0 aromatic heterocycles. The van der Waals surface area contributed by atoms with Crippen LogP contribution in [0, 0.1) is 5.92 Å². The van der Waals surface area contributed by atoms with Crippen molar-refractivity contribution >= 4 is 21.6 Å². The standard InChI is InChI=1S/C15H23BrN2O/c1-17-9-13-5-6-14(16)8-15(13)18-7-3-4-12(10-18)11-19-2/h5-6,8,12,17H,3-4,7,9-11H2,1-2H3. The first-order valence-electron chi connectivity index (χ1n) is 6.91. The summed E-state index contributed by atoms with van der Waals surface area (Å²) in [6, 6.07) is 6.56. The number of nitrogens with zero attached hydrogens (tertiary/aromatic N) is 1. The van der Waals surface area contributed by atoms with Gasteiger partial charge in [-0.1, -0.05) is 22.0 Å². The van der Waals surface area contributed by atoms with Crippen molar-refractivity contribution in [3.63, 3.8) is 0 Å². The highest BCUT2D eigenvalue weighted by atomic mass is 79.9. The molecule has 0 bridgehead atoms. The first kappa shape index (κ1) is 14.8. The molecular weight excluding hydrogens is 304 g/mol. The molecule has 1 aromatic rings. The third-order valence-corrected chi connectivity index (χ3v) is 4.17. The Balaban J connectivity index is 2.17. The van der Waals surface area contributed by atoms with Crippen molar-refractivity contribution in [3.05, 3.63) is 28.2 Å². The zero-order valence-corrected chi connectivity index (χ0v) is 13.4. The molecule has 106 valence electrons. The summed E-state index contributed by atoms with van der Waals surface area (Å²) in [6.07, 6.45) is 2.53. The minimum atomic E-state index is 0.653. The molecule has 0 radical (unpaired) electrons. The van der Waals surface area contributed by atoms with Crippen LogP contribution >= 0.6 is 15.9 Å². The summed E-state index contributed by atoms with van der Waals surface area (Å²) < 4.78 is 6.47. The number of methoxy groups -OCH3 is 1. The molecule has 1 N–H and O–H groups in total. The Morgan fingerprint density at radius 1 is 1.47 bits per heavy atom. The van der Waals surface area contributed by atoms with Crippen molar-refractivity contribution in [2.75, 3.05) is 38.8 Å². The minimum absolute atomic E-state index is 0.653. The lowest BCUT2D eigenvalue weighted by molar-refractivity contribution is 0.143. The van der Waals surface area contributed by atoms with Crippen LogP contribution in [0.3, 0.4) is 0 Å². The highest BCUT2D eigenvalue weighted by Crippen LogP contribution is 2.29. The second-order valence-electron chi connectivity index (χ2n) is 5.21. The summed E-state index contributed by atoms with van der Waals surface area (Å²) >= 11 is 3.59. The Kier molecular flexibility index (Phi) is 5.67. The predicted molar refractivity (Wildman–Crippen MR) is 83.7 cm³/mol. The second kappa shape index (κ2) is 7.27. The van der Waals surface area contributed by atoms with Crippen molar-refractivity contribution in [3.8, 4) is 0 Å². The van der Waals surface area contributed by atoms with E-state index in [4.69, 9.17) is 4.74 Å². The zero-order valence-electron chi connectivity index (χ0n) is 11.8. The van der Waals surface area contributed by atoms with Crippen LogP contribution in [0.1, 0.15) is 18.4 Å². The molecule has 2 rings (SSSR count). The van der Waals surface area contributed by atoms with Crippen molar-refractivity contribution in [2.24, 2.45) is 5.92 Å². The Hall–Kier alpha value is -0.580. The first-order chi connectivity index (χ1) is 9.24. The number of ether oxygens (including phenoxy) is 1. The minimum Gasteiger partial charge on any atom is -0.384 e. The SMILES string of the molecule is CNCc1ccc(Br)cc1N1CCCC(COC)C1. The quantitative estimate of drug-likeness (QED) is 0.900. The van der Waals surface area contributed by atoms with Gasteiger partial charge in [0.05, 0.1) is 6.61 Å². The monoisotopic (exact) mass is 326 g/mol. The van der Waals surface area contributed by atoms with E-state index in [-0.39, 0.29) is 0 Å². The number of halogens is 1. The van der Waals surface area contributed by atoms with Gasteiger partial charge in [0.25, 0.3) is 0 Å². The van der Waals surface area contributed by atoms with Crippen LogP contribution in [-0.4, -0.2) is 33.9 Å². The lowest BCUT2D eigenvalue weighted by atomic mass is 9.97. The molecule has 4 heteroatoms. The molecule has 0 amide bonds. The van der Waals surface area contributed by atoms with E-state index in [2.05, 4.69) is 44.3 Å². The lowest BCUT2D eigenvalue weighted by Crippen LogP contribution is -2.37. The molecule has 1 saturated heterocycles. The van der Waals surface area contributed by atoms with Gasteiger partial charge in [-0.05, 0) is 43.5 Å². The third kappa shape index (κ3) is 3.94. The Labute approximate surface area is 124 Å². The summed E-state index contributed by atoms with van der Waals surface area (Å²) in [4.78, 5) is 2.50. The predicted octanol–water partition coefficient (Wildman–Crippen LogP) is 3.03. The number of anilines is 1. The highest BCUT2D eigenvalue weighted by Gasteiger charge is 2.21. The van der Waals surface area contributed by atoms with Gasteiger partial charge < -0.3 is 15.0 Å². The highest BCUT2D eigenvalue weighted by molar-refractivity contribution is 9.10. The van der Waals surface area contributed by atoms with E-state index in [9.17, 15) is 0 Å². The first-order valence-corrected chi connectivity index (χ1v) is 7.70. The van der Waals surface area contributed by atoms with E-state index < -0.39 is 0 Å². The van der Waals surface area contributed by atoms with Crippen LogP contribution in [0.4, 0.5) is 5.69 Å². The number of hydrogen-bond donors (Lipinski definition) is 1. The second-order valence-corrected chi connectivity index (χ2v) is 6.13. The van der Waals surface area contributed by atoms with E-state index in [1.807, 2.05) is 7.05 Å². The van der Waals surface area contributed by atoms with Crippen LogP contribution in [0.5, 0.6) is 0 Å². The van der Waals surface area contributed by atoms with Gasteiger partial charge in [-0.2, -0.15) is 0 Å². The number of nitrogens with one attached hydrogen (secondary N) is 1. The topological polar surface area (TPSA) is 24.5 Å². The van der Waals surface area contributed by atoms with E-state index in [0.29, 0.717) is 5.92 Å². The maximum Gasteiger partial charge on any atom is 0.0507 e. The van der Waals surface area contributed by atoms with Crippen molar-refractivity contribution in [1.29, 1.82) is 0 Å². The summed E-state index contributed by atoms with van der Waals surface area (Å²) in [5.41, 5.74) is 2.72. The lowest BCUT2D eigenvalue weighted by Gasteiger charge is -2.35. The maximum atomic E-state index is 5.32. The fourth-order valence-corrected chi connectivity index (χ4v) is 3.18. The average molecular weight is 327 g/mol. The molecule has 1 heterocycles. The fraction of sp³-hybridized carbons (Fsp3) is 0.600. The van der Waals surface area contributed by atoms with Crippen LogP contribution in [-0.2, 0) is 11.3 Å². The van der Waals surface area contributed by atoms with Crippen molar-refractivity contribution in [2.45, 2.75) is 19.4 Å². The van der Waals surface area contributed by atoms with Gasteiger partial charge in [0, 0.05) is 36.9 Å². The molecule has 0 spiro atoms. The van der Waals surface area contributed by atoms with Gasteiger partial charge >= 0.3 is 0 Å². The Bertz CT molecular complexity index is 409. The molecule has 1 fully saturated rings. The van der Waals surface area contributed by atoms with Crippen molar-refractivity contribution < 1.29 is 4.74 Å². The molecule has 1 aliphatic heterocycles. The van der Waals surface area contributed by atoms with E-state index >= 15 is 0 Å².